The van der Waals surface area contributed by atoms with Crippen LogP contribution in [-0.4, -0.2) is 40.6 Å². The number of amides is 2. The highest BCUT2D eigenvalue weighted by Gasteiger charge is 2.28. The van der Waals surface area contributed by atoms with Crippen LogP contribution < -0.4 is 5.32 Å². The summed E-state index contributed by atoms with van der Waals surface area (Å²) >= 11 is 1.45. The van der Waals surface area contributed by atoms with Crippen LogP contribution in [0.3, 0.4) is 0 Å². The Morgan fingerprint density at radius 3 is 2.46 bits per heavy atom. The van der Waals surface area contributed by atoms with Gasteiger partial charge in [-0.1, -0.05) is 44.2 Å². The largest absolute Gasteiger partial charge is 0.445 e. The lowest BCUT2D eigenvalue weighted by Crippen LogP contribution is -2.49. The van der Waals surface area contributed by atoms with Crippen molar-refractivity contribution in [2.45, 2.75) is 50.3 Å². The number of carbonyl (C=O) groups is 2. The number of ether oxygens (including phenoxy) is 1. The minimum atomic E-state index is -0.591. The number of piperidine rings is 1. The Bertz CT molecular complexity index is 530. The SMILES string of the molecule is CC(C)SC(NC(=O)OCc1ccccc1)C(=O)N1CCCCC1. The van der Waals surface area contributed by atoms with E-state index in [2.05, 4.69) is 5.32 Å². The number of thioether (sulfide) groups is 1. The van der Waals surface area contributed by atoms with E-state index in [0.717, 1.165) is 37.9 Å². The Labute approximate surface area is 148 Å². The van der Waals surface area contributed by atoms with Crippen LogP contribution in [0.1, 0.15) is 38.7 Å². The number of benzene rings is 1. The predicted molar refractivity (Wildman–Crippen MR) is 96.7 cm³/mol. The van der Waals surface area contributed by atoms with Gasteiger partial charge in [0.2, 0.25) is 0 Å². The van der Waals surface area contributed by atoms with E-state index >= 15 is 0 Å². The van der Waals surface area contributed by atoms with E-state index < -0.39 is 11.5 Å². The van der Waals surface area contributed by atoms with Gasteiger partial charge in [-0.05, 0) is 24.8 Å². The van der Waals surface area contributed by atoms with Crippen molar-refractivity contribution in [1.82, 2.24) is 10.2 Å². The smallest absolute Gasteiger partial charge is 0.408 e. The predicted octanol–water partition coefficient (Wildman–Crippen LogP) is 3.39. The minimum Gasteiger partial charge on any atom is -0.445 e. The molecule has 2 amide bonds. The van der Waals surface area contributed by atoms with Gasteiger partial charge in [0, 0.05) is 18.3 Å². The molecule has 1 atom stereocenters. The average Bonchev–Trinajstić information content (AvgIpc) is 2.60. The fourth-order valence-electron chi connectivity index (χ4n) is 2.58. The van der Waals surface area contributed by atoms with Crippen LogP contribution in [0.4, 0.5) is 4.79 Å². The van der Waals surface area contributed by atoms with Crippen LogP contribution in [0.2, 0.25) is 0 Å². The Morgan fingerprint density at radius 1 is 1.17 bits per heavy atom. The second kappa shape index (κ2) is 9.57. The molecule has 1 N–H and O–H groups in total. The maximum absolute atomic E-state index is 12.7. The summed E-state index contributed by atoms with van der Waals surface area (Å²) < 4.78 is 5.24. The summed E-state index contributed by atoms with van der Waals surface area (Å²) in [5, 5.41) is 2.37. The lowest BCUT2D eigenvalue weighted by Gasteiger charge is -2.30. The molecule has 6 heteroatoms. The van der Waals surface area contributed by atoms with E-state index in [-0.39, 0.29) is 17.8 Å². The van der Waals surface area contributed by atoms with Gasteiger partial charge in [0.05, 0.1) is 0 Å². The molecule has 1 aliphatic heterocycles. The average molecular weight is 350 g/mol. The summed E-state index contributed by atoms with van der Waals surface area (Å²) in [7, 11) is 0. The Balaban J connectivity index is 1.89. The number of likely N-dealkylation sites (tertiary alicyclic amines) is 1. The van der Waals surface area contributed by atoms with Gasteiger partial charge in [-0.25, -0.2) is 4.79 Å². The first-order chi connectivity index (χ1) is 11.6. The fourth-order valence-corrected chi connectivity index (χ4v) is 3.55. The summed E-state index contributed by atoms with van der Waals surface area (Å²) in [5.74, 6) is -0.0231. The molecule has 1 saturated heterocycles. The lowest BCUT2D eigenvalue weighted by molar-refractivity contribution is -0.132. The highest BCUT2D eigenvalue weighted by atomic mass is 32.2. The molecule has 1 fully saturated rings. The van der Waals surface area contributed by atoms with Gasteiger partial charge in [0.1, 0.15) is 6.61 Å². The topological polar surface area (TPSA) is 58.6 Å². The van der Waals surface area contributed by atoms with E-state index in [1.54, 1.807) is 0 Å². The highest BCUT2D eigenvalue weighted by molar-refractivity contribution is 8.01. The van der Waals surface area contributed by atoms with Crippen molar-refractivity contribution < 1.29 is 14.3 Å². The van der Waals surface area contributed by atoms with Crippen molar-refractivity contribution in [3.05, 3.63) is 35.9 Å². The summed E-state index contributed by atoms with van der Waals surface area (Å²) in [4.78, 5) is 26.6. The zero-order valence-electron chi connectivity index (χ0n) is 14.4. The number of hydrogen-bond acceptors (Lipinski definition) is 4. The van der Waals surface area contributed by atoms with Crippen molar-refractivity contribution in [2.75, 3.05) is 13.1 Å². The molecule has 1 heterocycles. The number of rotatable bonds is 6. The van der Waals surface area contributed by atoms with Gasteiger partial charge in [-0.15, -0.1) is 11.8 Å². The normalized spacial score (nSPS) is 15.9. The van der Waals surface area contributed by atoms with Crippen LogP contribution >= 0.6 is 11.8 Å². The van der Waals surface area contributed by atoms with Crippen LogP contribution in [0.5, 0.6) is 0 Å². The number of nitrogens with zero attached hydrogens (tertiary/aromatic N) is 1. The third-order valence-electron chi connectivity index (χ3n) is 3.76. The van der Waals surface area contributed by atoms with Gasteiger partial charge < -0.3 is 15.0 Å². The standard InChI is InChI=1S/C18H26N2O3S/c1-14(2)24-16(17(21)20-11-7-4-8-12-20)19-18(22)23-13-15-9-5-3-6-10-15/h3,5-6,9-10,14,16H,4,7-8,11-13H2,1-2H3,(H,19,22). The number of hydrogen-bond donors (Lipinski definition) is 1. The third kappa shape index (κ3) is 6.07. The van der Waals surface area contributed by atoms with Crippen LogP contribution in [0.15, 0.2) is 30.3 Å². The van der Waals surface area contributed by atoms with Gasteiger partial charge in [0.15, 0.2) is 5.37 Å². The molecule has 1 aromatic carbocycles. The first-order valence-electron chi connectivity index (χ1n) is 8.47. The minimum absolute atomic E-state index is 0.0231. The Kier molecular flexibility index (Phi) is 7.43. The Morgan fingerprint density at radius 2 is 1.83 bits per heavy atom. The van der Waals surface area contributed by atoms with Crippen LogP contribution in [-0.2, 0) is 16.1 Å². The molecule has 0 aromatic heterocycles. The number of alkyl carbamates (subject to hydrolysis) is 1. The molecule has 24 heavy (non-hydrogen) atoms. The third-order valence-corrected chi connectivity index (χ3v) is 4.90. The summed E-state index contributed by atoms with van der Waals surface area (Å²) in [6.07, 6.45) is 2.67. The van der Waals surface area contributed by atoms with Crippen molar-refractivity contribution in [3.8, 4) is 0 Å². The van der Waals surface area contributed by atoms with Gasteiger partial charge in [0.25, 0.3) is 5.91 Å². The molecule has 2 rings (SSSR count). The molecule has 0 saturated carbocycles. The molecular formula is C18H26N2O3S. The monoisotopic (exact) mass is 350 g/mol. The summed E-state index contributed by atoms with van der Waals surface area (Å²) in [5.41, 5.74) is 0.920. The maximum Gasteiger partial charge on any atom is 0.408 e. The molecule has 0 radical (unpaired) electrons. The van der Waals surface area contributed by atoms with E-state index in [4.69, 9.17) is 4.74 Å². The molecular weight excluding hydrogens is 324 g/mol. The summed E-state index contributed by atoms with van der Waals surface area (Å²) in [6.45, 7) is 5.77. The molecule has 1 unspecified atom stereocenters. The number of carbonyl (C=O) groups excluding carboxylic acids is 2. The van der Waals surface area contributed by atoms with Gasteiger partial charge in [-0.3, -0.25) is 4.79 Å². The van der Waals surface area contributed by atoms with Gasteiger partial charge in [-0.2, -0.15) is 0 Å². The molecule has 5 nitrogen and oxygen atoms in total. The van der Waals surface area contributed by atoms with E-state index in [0.29, 0.717) is 0 Å². The first-order valence-corrected chi connectivity index (χ1v) is 9.42. The zero-order chi connectivity index (χ0) is 17.4. The second-order valence-electron chi connectivity index (χ2n) is 6.16. The highest BCUT2D eigenvalue weighted by Crippen LogP contribution is 2.20. The Hall–Kier alpha value is -1.69. The summed E-state index contributed by atoms with van der Waals surface area (Å²) in [6, 6.07) is 9.50. The van der Waals surface area contributed by atoms with Crippen LogP contribution in [0, 0.1) is 0 Å². The molecule has 0 bridgehead atoms. The van der Waals surface area contributed by atoms with Crippen molar-refractivity contribution in [1.29, 1.82) is 0 Å². The molecule has 0 aliphatic carbocycles. The maximum atomic E-state index is 12.7. The van der Waals surface area contributed by atoms with Crippen LogP contribution in [0.25, 0.3) is 0 Å². The zero-order valence-corrected chi connectivity index (χ0v) is 15.2. The van der Waals surface area contributed by atoms with Crippen molar-refractivity contribution in [3.63, 3.8) is 0 Å². The van der Waals surface area contributed by atoms with E-state index in [1.807, 2.05) is 49.1 Å². The lowest BCUT2D eigenvalue weighted by atomic mass is 10.1. The molecule has 132 valence electrons. The van der Waals surface area contributed by atoms with Gasteiger partial charge >= 0.3 is 6.09 Å². The molecule has 1 aromatic rings. The first kappa shape index (κ1) is 18.6. The number of nitrogens with one attached hydrogen (secondary N) is 1. The van der Waals surface area contributed by atoms with Crippen molar-refractivity contribution >= 4 is 23.8 Å². The quantitative estimate of drug-likeness (QED) is 0.799. The van der Waals surface area contributed by atoms with E-state index in [1.165, 1.54) is 11.8 Å². The van der Waals surface area contributed by atoms with Crippen molar-refractivity contribution in [2.24, 2.45) is 0 Å². The fraction of sp³-hybridized carbons (Fsp3) is 0.556. The molecule has 1 aliphatic rings. The second-order valence-corrected chi connectivity index (χ2v) is 7.84. The molecule has 0 spiro atoms. The van der Waals surface area contributed by atoms with E-state index in [9.17, 15) is 9.59 Å².